The lowest BCUT2D eigenvalue weighted by Gasteiger charge is -2.19. The molecule has 0 fully saturated rings. The van der Waals surface area contributed by atoms with E-state index in [0.717, 1.165) is 22.5 Å². The van der Waals surface area contributed by atoms with Crippen molar-refractivity contribution in [3.63, 3.8) is 0 Å². The Bertz CT molecular complexity index is 872. The maximum Gasteiger partial charge on any atom is 0.163 e. The molecule has 3 aromatic rings. The fourth-order valence-corrected chi connectivity index (χ4v) is 2.32. The van der Waals surface area contributed by atoms with Gasteiger partial charge in [-0.3, -0.25) is 0 Å². The number of likely N-dealkylation sites (N-methyl/N-ethyl adjacent to an activating group) is 1. The molecule has 3 rings (SSSR count). The van der Waals surface area contributed by atoms with E-state index in [4.69, 9.17) is 0 Å². The van der Waals surface area contributed by atoms with Gasteiger partial charge in [-0.15, -0.1) is 0 Å². The van der Waals surface area contributed by atoms with Gasteiger partial charge in [0.25, 0.3) is 0 Å². The van der Waals surface area contributed by atoms with Crippen LogP contribution < -0.4 is 4.90 Å². The average molecular weight is 314 g/mol. The van der Waals surface area contributed by atoms with Crippen molar-refractivity contribution in [3.8, 4) is 22.8 Å². The third-order valence-corrected chi connectivity index (χ3v) is 3.76. The van der Waals surface area contributed by atoms with Gasteiger partial charge in [-0.1, -0.05) is 55.6 Å². The van der Waals surface area contributed by atoms with E-state index < -0.39 is 0 Å². The minimum atomic E-state index is 0.642. The van der Waals surface area contributed by atoms with Crippen molar-refractivity contribution in [2.75, 3.05) is 11.9 Å². The van der Waals surface area contributed by atoms with Crippen molar-refractivity contribution >= 4 is 5.69 Å². The van der Waals surface area contributed by atoms with Gasteiger partial charge in [-0.2, -0.15) is 0 Å². The zero-order valence-corrected chi connectivity index (χ0v) is 13.6. The van der Waals surface area contributed by atoms with Gasteiger partial charge in [0.15, 0.2) is 11.6 Å². The smallest absolute Gasteiger partial charge is 0.163 e. The van der Waals surface area contributed by atoms with E-state index in [1.165, 1.54) is 0 Å². The van der Waals surface area contributed by atoms with Gasteiger partial charge in [0.2, 0.25) is 0 Å². The Hall–Kier alpha value is -3.27. The van der Waals surface area contributed by atoms with Crippen molar-refractivity contribution < 1.29 is 0 Å². The minimum Gasteiger partial charge on any atom is -0.345 e. The highest BCUT2D eigenvalue weighted by Crippen LogP contribution is 2.24. The molecule has 0 saturated carbocycles. The van der Waals surface area contributed by atoms with Gasteiger partial charge in [-0.25, -0.2) is 15.0 Å². The van der Waals surface area contributed by atoms with Crippen LogP contribution in [0.4, 0.5) is 5.69 Å². The van der Waals surface area contributed by atoms with Crippen LogP contribution in [0.25, 0.3) is 22.8 Å². The van der Waals surface area contributed by atoms with Crippen LogP contribution in [0.2, 0.25) is 0 Å². The highest BCUT2D eigenvalue weighted by Gasteiger charge is 2.08. The highest BCUT2D eigenvalue weighted by molar-refractivity contribution is 5.66. The van der Waals surface area contributed by atoms with Crippen LogP contribution in [0.1, 0.15) is 0 Å². The molecule has 0 bridgehead atoms. The molecule has 0 radical (unpaired) electrons. The first kappa shape index (κ1) is 15.6. The average Bonchev–Trinajstić information content (AvgIpc) is 2.67. The van der Waals surface area contributed by atoms with Crippen molar-refractivity contribution in [1.29, 1.82) is 0 Å². The topological polar surface area (TPSA) is 41.9 Å². The Morgan fingerprint density at radius 3 is 2.33 bits per heavy atom. The molecular weight excluding hydrogens is 296 g/mol. The van der Waals surface area contributed by atoms with Crippen molar-refractivity contribution in [2.45, 2.75) is 0 Å². The zero-order chi connectivity index (χ0) is 16.9. The fraction of sp³-hybridized carbons (Fsp3) is 0.0500. The van der Waals surface area contributed by atoms with Gasteiger partial charge in [0.05, 0.1) is 0 Å². The van der Waals surface area contributed by atoms with Crippen molar-refractivity contribution in [1.82, 2.24) is 15.0 Å². The van der Waals surface area contributed by atoms with Gasteiger partial charge in [0, 0.05) is 29.6 Å². The van der Waals surface area contributed by atoms with Gasteiger partial charge in [-0.05, 0) is 18.2 Å². The van der Waals surface area contributed by atoms with Gasteiger partial charge >= 0.3 is 0 Å². The largest absolute Gasteiger partial charge is 0.345 e. The number of anilines is 1. The highest BCUT2D eigenvalue weighted by atomic mass is 15.1. The summed E-state index contributed by atoms with van der Waals surface area (Å²) in [5, 5.41) is 0. The van der Waals surface area contributed by atoms with E-state index >= 15 is 0 Å². The van der Waals surface area contributed by atoms with E-state index in [-0.39, 0.29) is 0 Å². The summed E-state index contributed by atoms with van der Waals surface area (Å²) >= 11 is 0. The predicted octanol–water partition coefficient (Wildman–Crippen LogP) is 4.34. The summed E-state index contributed by atoms with van der Waals surface area (Å²) in [5.41, 5.74) is 3.72. The monoisotopic (exact) mass is 314 g/mol. The quantitative estimate of drug-likeness (QED) is 0.657. The number of rotatable bonds is 5. The van der Waals surface area contributed by atoms with Crippen LogP contribution in [0.15, 0.2) is 85.9 Å². The number of allylic oxidation sites excluding steroid dienone is 1. The Labute approximate surface area is 141 Å². The third-order valence-electron chi connectivity index (χ3n) is 3.76. The van der Waals surface area contributed by atoms with Crippen LogP contribution >= 0.6 is 0 Å². The first-order chi connectivity index (χ1) is 11.7. The molecule has 0 aliphatic rings. The molecule has 4 heteroatoms. The maximum absolute atomic E-state index is 4.60. The van der Waals surface area contributed by atoms with E-state index in [1.807, 2.05) is 66.5 Å². The standard InChI is InChI=1S/C20H18N4/c1-4-15(2)24(3)18-12-8-11-17(13-18)20-22-14-21-19(23-20)16-9-6-5-7-10-16/h4-14H,1-2H2,3H3. The van der Waals surface area contributed by atoms with E-state index in [2.05, 4.69) is 28.1 Å². The first-order valence-corrected chi connectivity index (χ1v) is 7.59. The Morgan fingerprint density at radius 2 is 1.62 bits per heavy atom. The van der Waals surface area contributed by atoms with E-state index in [0.29, 0.717) is 11.6 Å². The van der Waals surface area contributed by atoms with Crippen LogP contribution in [0.5, 0.6) is 0 Å². The van der Waals surface area contributed by atoms with Crippen LogP contribution in [0.3, 0.4) is 0 Å². The molecule has 0 N–H and O–H groups in total. The second kappa shape index (κ2) is 6.87. The Morgan fingerprint density at radius 1 is 0.958 bits per heavy atom. The van der Waals surface area contributed by atoms with Crippen molar-refractivity contribution in [2.24, 2.45) is 0 Å². The molecule has 0 spiro atoms. The summed E-state index contributed by atoms with van der Waals surface area (Å²) in [6, 6.07) is 17.9. The molecule has 0 saturated heterocycles. The molecule has 0 aliphatic carbocycles. The fourth-order valence-electron chi connectivity index (χ4n) is 2.32. The van der Waals surface area contributed by atoms with Crippen molar-refractivity contribution in [3.05, 3.63) is 85.9 Å². The number of aromatic nitrogens is 3. The summed E-state index contributed by atoms with van der Waals surface area (Å²) < 4.78 is 0. The SMILES string of the molecule is C=CC(=C)N(C)c1cccc(-c2ncnc(-c3ccccc3)n2)c1. The summed E-state index contributed by atoms with van der Waals surface area (Å²) in [5.74, 6) is 1.30. The predicted molar refractivity (Wildman–Crippen MR) is 98.4 cm³/mol. The summed E-state index contributed by atoms with van der Waals surface area (Å²) in [7, 11) is 1.95. The van der Waals surface area contributed by atoms with Gasteiger partial charge < -0.3 is 4.90 Å². The van der Waals surface area contributed by atoms with Crippen LogP contribution in [0, 0.1) is 0 Å². The molecule has 2 aromatic carbocycles. The summed E-state index contributed by atoms with van der Waals surface area (Å²) in [6.45, 7) is 7.73. The number of nitrogens with zero attached hydrogens (tertiary/aromatic N) is 4. The molecule has 0 aliphatic heterocycles. The molecule has 24 heavy (non-hydrogen) atoms. The number of hydrogen-bond acceptors (Lipinski definition) is 4. The molecule has 4 nitrogen and oxygen atoms in total. The normalized spacial score (nSPS) is 10.2. The lowest BCUT2D eigenvalue weighted by molar-refractivity contribution is 1.06. The van der Waals surface area contributed by atoms with Crippen LogP contribution in [-0.4, -0.2) is 22.0 Å². The summed E-state index contributed by atoms with van der Waals surface area (Å²) in [6.07, 6.45) is 3.27. The van der Waals surface area contributed by atoms with E-state index in [9.17, 15) is 0 Å². The molecule has 118 valence electrons. The number of hydrogen-bond donors (Lipinski definition) is 0. The molecule has 0 atom stereocenters. The lowest BCUT2D eigenvalue weighted by Crippen LogP contribution is -2.13. The molecule has 1 heterocycles. The maximum atomic E-state index is 4.60. The first-order valence-electron chi connectivity index (χ1n) is 7.59. The van der Waals surface area contributed by atoms with E-state index in [1.54, 1.807) is 12.4 Å². The minimum absolute atomic E-state index is 0.642. The second-order valence-corrected chi connectivity index (χ2v) is 5.30. The molecular formula is C20H18N4. The summed E-state index contributed by atoms with van der Waals surface area (Å²) in [4.78, 5) is 15.2. The Kier molecular flexibility index (Phi) is 4.47. The lowest BCUT2D eigenvalue weighted by atomic mass is 10.1. The zero-order valence-electron chi connectivity index (χ0n) is 13.6. The molecule has 0 amide bonds. The third kappa shape index (κ3) is 3.22. The Balaban J connectivity index is 1.98. The van der Waals surface area contributed by atoms with Gasteiger partial charge in [0.1, 0.15) is 6.33 Å². The molecule has 1 aromatic heterocycles. The number of benzene rings is 2. The molecule has 0 unspecified atom stereocenters. The second-order valence-electron chi connectivity index (χ2n) is 5.30. The van der Waals surface area contributed by atoms with Crippen LogP contribution in [-0.2, 0) is 0 Å².